The number of H-pyrrole nitrogens is 1. The minimum absolute atomic E-state index is 0.201. The molecule has 6 heteroatoms. The van der Waals surface area contributed by atoms with E-state index in [9.17, 15) is 4.79 Å². The summed E-state index contributed by atoms with van der Waals surface area (Å²) in [6.07, 6.45) is 12.0. The third-order valence-corrected chi connectivity index (χ3v) is 9.64. The van der Waals surface area contributed by atoms with E-state index in [1.54, 1.807) is 0 Å². The molecule has 0 unspecified atom stereocenters. The zero-order valence-corrected chi connectivity index (χ0v) is 22.1. The Hall–Kier alpha value is -2.99. The van der Waals surface area contributed by atoms with Crippen LogP contribution in [0.3, 0.4) is 0 Å². The first kappa shape index (κ1) is 23.2. The highest BCUT2D eigenvalue weighted by atomic mass is 32.2. The van der Waals surface area contributed by atoms with Gasteiger partial charge in [-0.05, 0) is 66.8 Å². The Bertz CT molecular complexity index is 1430. The fourth-order valence-electron chi connectivity index (χ4n) is 6.96. The van der Waals surface area contributed by atoms with E-state index in [2.05, 4.69) is 49.8 Å². The maximum Gasteiger partial charge on any atom is 0.233 e. The van der Waals surface area contributed by atoms with Crippen LogP contribution in [0.25, 0.3) is 22.2 Å². The van der Waals surface area contributed by atoms with Gasteiger partial charge in [0.1, 0.15) is 0 Å². The van der Waals surface area contributed by atoms with Gasteiger partial charge < -0.3 is 14.5 Å². The lowest BCUT2D eigenvalue weighted by Crippen LogP contribution is -2.44. The van der Waals surface area contributed by atoms with Crippen molar-refractivity contribution in [3.05, 3.63) is 71.5 Å². The summed E-state index contributed by atoms with van der Waals surface area (Å²) in [5, 5.41) is 2.26. The molecule has 1 fully saturated rings. The van der Waals surface area contributed by atoms with Crippen molar-refractivity contribution in [3.63, 3.8) is 0 Å². The van der Waals surface area contributed by atoms with Gasteiger partial charge in [0.15, 0.2) is 5.16 Å². The van der Waals surface area contributed by atoms with Gasteiger partial charge in [-0.25, -0.2) is 4.98 Å². The molecule has 1 atom stereocenters. The fourth-order valence-corrected chi connectivity index (χ4v) is 7.70. The Morgan fingerprint density at radius 1 is 1.00 bits per heavy atom. The molecule has 190 valence electrons. The van der Waals surface area contributed by atoms with Gasteiger partial charge >= 0.3 is 0 Å². The Kier molecular flexibility index (Phi) is 6.08. The third kappa shape index (κ3) is 4.19. The summed E-state index contributed by atoms with van der Waals surface area (Å²) in [5.41, 5.74) is 7.93. The molecule has 0 saturated heterocycles. The Balaban J connectivity index is 1.11. The first-order valence-electron chi connectivity index (χ1n) is 13.9. The zero-order valence-electron chi connectivity index (χ0n) is 21.3. The van der Waals surface area contributed by atoms with E-state index >= 15 is 0 Å². The number of aryl methyl sites for hydroxylation is 1. The molecule has 7 rings (SSSR count). The minimum atomic E-state index is 0.201. The van der Waals surface area contributed by atoms with E-state index < -0.39 is 0 Å². The summed E-state index contributed by atoms with van der Waals surface area (Å²) in [5.74, 6) is 1.36. The van der Waals surface area contributed by atoms with Crippen molar-refractivity contribution in [1.82, 2.24) is 19.4 Å². The van der Waals surface area contributed by atoms with Crippen molar-refractivity contribution in [2.24, 2.45) is 0 Å². The number of amides is 1. The minimum Gasteiger partial charge on any atom is -0.341 e. The summed E-state index contributed by atoms with van der Waals surface area (Å²) in [4.78, 5) is 23.5. The molecule has 3 heterocycles. The summed E-state index contributed by atoms with van der Waals surface area (Å²) in [6, 6.07) is 17.7. The first-order valence-corrected chi connectivity index (χ1v) is 14.9. The summed E-state index contributed by atoms with van der Waals surface area (Å²) in [7, 11) is 0. The highest BCUT2D eigenvalue weighted by Gasteiger charge is 2.37. The van der Waals surface area contributed by atoms with E-state index in [4.69, 9.17) is 0 Å². The molecule has 5 nitrogen and oxygen atoms in total. The van der Waals surface area contributed by atoms with Crippen LogP contribution in [0, 0.1) is 0 Å². The topological polar surface area (TPSA) is 53.9 Å². The molecule has 1 N–H and O–H groups in total. The maximum absolute atomic E-state index is 13.5. The van der Waals surface area contributed by atoms with Crippen LogP contribution < -0.4 is 0 Å². The van der Waals surface area contributed by atoms with Crippen LogP contribution in [0.15, 0.2) is 59.9 Å². The number of hydrogen-bond donors (Lipinski definition) is 1. The second kappa shape index (κ2) is 9.71. The van der Waals surface area contributed by atoms with Crippen molar-refractivity contribution in [2.75, 3.05) is 12.3 Å². The number of fused-ring (bicyclic) bond motifs is 3. The van der Waals surface area contributed by atoms with Crippen molar-refractivity contribution < 1.29 is 4.79 Å². The predicted octanol–water partition coefficient (Wildman–Crippen LogP) is 7.09. The Labute approximate surface area is 222 Å². The molecule has 0 radical (unpaired) electrons. The van der Waals surface area contributed by atoms with Crippen molar-refractivity contribution in [2.45, 2.75) is 75.0 Å². The van der Waals surface area contributed by atoms with Crippen LogP contribution >= 0.6 is 11.8 Å². The maximum atomic E-state index is 13.5. The van der Waals surface area contributed by atoms with Crippen LogP contribution in [0.5, 0.6) is 0 Å². The average Bonchev–Trinajstić information content (AvgIpc) is 3.57. The number of carbonyl (C=O) groups excluding carboxylic acids is 1. The smallest absolute Gasteiger partial charge is 0.233 e. The number of nitrogens with zero attached hydrogens (tertiary/aromatic N) is 3. The number of aromatic nitrogens is 3. The van der Waals surface area contributed by atoms with E-state index in [0.717, 1.165) is 54.7 Å². The number of aromatic amines is 1. The van der Waals surface area contributed by atoms with Crippen LogP contribution in [0.1, 0.15) is 73.7 Å². The molecule has 0 spiro atoms. The number of rotatable bonds is 5. The Morgan fingerprint density at radius 3 is 2.73 bits per heavy atom. The van der Waals surface area contributed by atoms with Gasteiger partial charge in [-0.3, -0.25) is 4.79 Å². The second-order valence-corrected chi connectivity index (χ2v) is 11.8. The number of benzene rings is 2. The largest absolute Gasteiger partial charge is 0.341 e. The standard InChI is InChI=1S/C31H34N4OS/c36-29(20-37-31-32-19-26(33-31)22-10-5-2-6-11-22)34-16-17-35-27-15-14-23(21-8-3-1-4-9-21)18-25(27)24-12-7-13-28(34)30(24)35/h2,5-6,10-11,14-15,18-19,21,28H,1,3-4,7-9,12-13,16-17,20H2,(H,32,33)/t28-/m0/s1. The average molecular weight is 511 g/mol. The van der Waals surface area contributed by atoms with Gasteiger partial charge in [-0.2, -0.15) is 0 Å². The molecule has 3 aliphatic rings. The highest BCUT2D eigenvalue weighted by molar-refractivity contribution is 7.99. The quantitative estimate of drug-likeness (QED) is 0.292. The molecule has 1 aliphatic heterocycles. The molecule has 37 heavy (non-hydrogen) atoms. The van der Waals surface area contributed by atoms with Gasteiger partial charge in [-0.1, -0.05) is 67.4 Å². The lowest BCUT2D eigenvalue weighted by Gasteiger charge is -2.40. The van der Waals surface area contributed by atoms with Gasteiger partial charge in [0, 0.05) is 29.7 Å². The predicted molar refractivity (Wildman–Crippen MR) is 150 cm³/mol. The molecule has 2 aromatic carbocycles. The lowest BCUT2D eigenvalue weighted by molar-refractivity contribution is -0.132. The number of thioether (sulfide) groups is 1. The van der Waals surface area contributed by atoms with Crippen molar-refractivity contribution in [1.29, 1.82) is 0 Å². The number of imidazole rings is 1. The van der Waals surface area contributed by atoms with E-state index in [1.165, 1.54) is 71.6 Å². The lowest BCUT2D eigenvalue weighted by atomic mass is 9.83. The fraction of sp³-hybridized carbons (Fsp3) is 0.419. The van der Waals surface area contributed by atoms with Crippen LogP contribution in [-0.4, -0.2) is 37.6 Å². The van der Waals surface area contributed by atoms with E-state index in [-0.39, 0.29) is 11.9 Å². The van der Waals surface area contributed by atoms with Crippen molar-refractivity contribution in [3.8, 4) is 11.3 Å². The number of carbonyl (C=O) groups is 1. The SMILES string of the molecule is O=C(CSc1ncc(-c2ccccc2)[nH]1)N1CCn2c3c(c4cc(C5CCCCC5)ccc42)CCC[C@@H]31. The molecule has 1 amide bonds. The molecular formula is C31H34N4OS. The van der Waals surface area contributed by atoms with Gasteiger partial charge in [0.2, 0.25) is 5.91 Å². The monoisotopic (exact) mass is 510 g/mol. The van der Waals surface area contributed by atoms with Gasteiger partial charge in [-0.15, -0.1) is 0 Å². The summed E-state index contributed by atoms with van der Waals surface area (Å²) >= 11 is 1.51. The second-order valence-electron chi connectivity index (χ2n) is 10.9. The van der Waals surface area contributed by atoms with Crippen molar-refractivity contribution >= 4 is 28.6 Å². The summed E-state index contributed by atoms with van der Waals surface area (Å²) < 4.78 is 2.54. The Morgan fingerprint density at radius 2 is 1.86 bits per heavy atom. The number of nitrogens with one attached hydrogen (secondary N) is 1. The van der Waals surface area contributed by atoms with Gasteiger partial charge in [0.25, 0.3) is 0 Å². The normalized spacial score (nSPS) is 19.8. The van der Waals surface area contributed by atoms with E-state index in [1.807, 2.05) is 24.4 Å². The molecule has 4 aromatic rings. The highest BCUT2D eigenvalue weighted by Crippen LogP contribution is 2.44. The molecule has 0 bridgehead atoms. The number of hydrogen-bond acceptors (Lipinski definition) is 3. The van der Waals surface area contributed by atoms with Crippen LogP contribution in [0.4, 0.5) is 0 Å². The molecule has 1 saturated carbocycles. The van der Waals surface area contributed by atoms with Crippen LogP contribution in [0.2, 0.25) is 0 Å². The zero-order chi connectivity index (χ0) is 24.8. The van der Waals surface area contributed by atoms with Gasteiger partial charge in [0.05, 0.1) is 23.7 Å². The van der Waals surface area contributed by atoms with E-state index in [0.29, 0.717) is 5.75 Å². The molecule has 2 aliphatic carbocycles. The molecular weight excluding hydrogens is 476 g/mol. The third-order valence-electron chi connectivity index (χ3n) is 8.76. The first-order chi connectivity index (χ1) is 18.3. The van der Waals surface area contributed by atoms with Crippen LogP contribution in [-0.2, 0) is 17.8 Å². The molecule has 2 aromatic heterocycles. The summed E-state index contributed by atoms with van der Waals surface area (Å²) in [6.45, 7) is 1.68.